The summed E-state index contributed by atoms with van der Waals surface area (Å²) in [7, 11) is 0. The Hall–Kier alpha value is -0.0800. The van der Waals surface area contributed by atoms with Crippen molar-refractivity contribution in [2.24, 2.45) is 17.6 Å². The highest BCUT2D eigenvalue weighted by molar-refractivity contribution is 4.85. The van der Waals surface area contributed by atoms with Crippen LogP contribution in [-0.4, -0.2) is 30.6 Å². The van der Waals surface area contributed by atoms with E-state index >= 15 is 0 Å². The Bertz CT molecular complexity index is 229. The Morgan fingerprint density at radius 2 is 1.83 bits per heavy atom. The summed E-state index contributed by atoms with van der Waals surface area (Å²) >= 11 is 0. The molecule has 1 aliphatic carbocycles. The van der Waals surface area contributed by atoms with E-state index in [-0.39, 0.29) is 0 Å². The molecule has 1 aliphatic heterocycles. The van der Waals surface area contributed by atoms with Crippen LogP contribution in [0.2, 0.25) is 0 Å². The maximum absolute atomic E-state index is 5.99. The molecule has 0 spiro atoms. The van der Waals surface area contributed by atoms with Gasteiger partial charge in [-0.2, -0.15) is 0 Å². The molecule has 2 N–H and O–H groups in total. The molecule has 2 heteroatoms. The van der Waals surface area contributed by atoms with Gasteiger partial charge < -0.3 is 10.6 Å². The number of hydrogen-bond donors (Lipinski definition) is 1. The maximum atomic E-state index is 5.99. The molecule has 1 heterocycles. The summed E-state index contributed by atoms with van der Waals surface area (Å²) in [6, 6.07) is 0.809. The predicted octanol–water partition coefficient (Wildman–Crippen LogP) is 3.41. The highest BCUT2D eigenvalue weighted by Gasteiger charge is 2.30. The fourth-order valence-corrected chi connectivity index (χ4v) is 4.16. The van der Waals surface area contributed by atoms with Crippen molar-refractivity contribution in [1.82, 2.24) is 4.90 Å². The van der Waals surface area contributed by atoms with E-state index in [0.29, 0.717) is 0 Å². The van der Waals surface area contributed by atoms with Gasteiger partial charge >= 0.3 is 0 Å². The van der Waals surface area contributed by atoms with Gasteiger partial charge in [-0.1, -0.05) is 32.6 Å². The van der Waals surface area contributed by atoms with E-state index in [0.717, 1.165) is 24.4 Å². The van der Waals surface area contributed by atoms with Gasteiger partial charge in [0.25, 0.3) is 0 Å². The summed E-state index contributed by atoms with van der Waals surface area (Å²) < 4.78 is 0. The summed E-state index contributed by atoms with van der Waals surface area (Å²) in [6.45, 7) is 5.90. The van der Waals surface area contributed by atoms with Crippen molar-refractivity contribution in [3.8, 4) is 0 Å². The van der Waals surface area contributed by atoms with Crippen LogP contribution in [0.1, 0.15) is 64.7 Å². The van der Waals surface area contributed by atoms with E-state index in [4.69, 9.17) is 5.73 Å². The first-order valence-electron chi connectivity index (χ1n) is 8.29. The molecule has 2 nitrogen and oxygen atoms in total. The monoisotopic (exact) mass is 252 g/mol. The van der Waals surface area contributed by atoms with Crippen molar-refractivity contribution < 1.29 is 0 Å². The first-order chi connectivity index (χ1) is 8.85. The summed E-state index contributed by atoms with van der Waals surface area (Å²) in [4.78, 5) is 2.80. The third-order valence-corrected chi connectivity index (χ3v) is 5.22. The molecule has 0 aromatic heterocycles. The number of nitrogens with two attached hydrogens (primary N) is 1. The topological polar surface area (TPSA) is 29.3 Å². The van der Waals surface area contributed by atoms with Gasteiger partial charge in [-0.15, -0.1) is 0 Å². The summed E-state index contributed by atoms with van der Waals surface area (Å²) in [6.07, 6.45) is 12.7. The van der Waals surface area contributed by atoms with Crippen molar-refractivity contribution in [3.05, 3.63) is 0 Å². The first-order valence-corrected chi connectivity index (χ1v) is 8.29. The van der Waals surface area contributed by atoms with Gasteiger partial charge in [0.05, 0.1) is 0 Å². The largest absolute Gasteiger partial charge is 0.330 e. The van der Waals surface area contributed by atoms with Crippen LogP contribution in [-0.2, 0) is 0 Å². The van der Waals surface area contributed by atoms with Crippen molar-refractivity contribution in [2.45, 2.75) is 70.8 Å². The number of nitrogens with zero attached hydrogens (tertiary/aromatic N) is 1. The zero-order valence-electron chi connectivity index (χ0n) is 12.2. The highest BCUT2D eigenvalue weighted by atomic mass is 15.2. The van der Waals surface area contributed by atoms with Crippen LogP contribution in [0.25, 0.3) is 0 Å². The van der Waals surface area contributed by atoms with Crippen LogP contribution < -0.4 is 5.73 Å². The lowest BCUT2D eigenvalue weighted by molar-refractivity contribution is 0.109. The Morgan fingerprint density at radius 3 is 2.61 bits per heavy atom. The summed E-state index contributed by atoms with van der Waals surface area (Å²) in [5.41, 5.74) is 5.99. The van der Waals surface area contributed by atoms with Crippen molar-refractivity contribution in [1.29, 1.82) is 0 Å². The number of hydrogen-bond acceptors (Lipinski definition) is 2. The quantitative estimate of drug-likeness (QED) is 0.831. The van der Waals surface area contributed by atoms with Crippen LogP contribution in [0.5, 0.6) is 0 Å². The van der Waals surface area contributed by atoms with Gasteiger partial charge in [0.15, 0.2) is 0 Å². The standard InChI is InChI=1S/C16H32N2/c1-2-6-14-7-5-11-18(12-10-14)16-9-4-3-8-15(16)13-17/h14-16H,2-13,17H2,1H3. The highest BCUT2D eigenvalue weighted by Crippen LogP contribution is 2.31. The molecule has 1 saturated heterocycles. The zero-order valence-corrected chi connectivity index (χ0v) is 12.2. The average molecular weight is 252 g/mol. The van der Waals surface area contributed by atoms with E-state index < -0.39 is 0 Å². The smallest absolute Gasteiger partial charge is 0.0135 e. The van der Waals surface area contributed by atoms with Crippen molar-refractivity contribution >= 4 is 0 Å². The molecule has 3 unspecified atom stereocenters. The van der Waals surface area contributed by atoms with Crippen molar-refractivity contribution in [2.75, 3.05) is 19.6 Å². The molecule has 0 aromatic carbocycles. The molecule has 0 aromatic rings. The third kappa shape index (κ3) is 3.71. The number of rotatable bonds is 4. The molecule has 106 valence electrons. The van der Waals surface area contributed by atoms with E-state index in [1.54, 1.807) is 0 Å². The second-order valence-corrected chi connectivity index (χ2v) is 6.47. The molecule has 0 bridgehead atoms. The second-order valence-electron chi connectivity index (χ2n) is 6.47. The lowest BCUT2D eigenvalue weighted by atomic mass is 9.83. The fourth-order valence-electron chi connectivity index (χ4n) is 4.16. The van der Waals surface area contributed by atoms with Crippen LogP contribution >= 0.6 is 0 Å². The summed E-state index contributed by atoms with van der Waals surface area (Å²) in [5, 5.41) is 0. The Morgan fingerprint density at radius 1 is 1.00 bits per heavy atom. The molecule has 2 aliphatic rings. The van der Waals surface area contributed by atoms with Gasteiger partial charge in [-0.25, -0.2) is 0 Å². The van der Waals surface area contributed by atoms with E-state index in [1.165, 1.54) is 70.9 Å². The molecule has 0 amide bonds. The molecule has 3 atom stereocenters. The van der Waals surface area contributed by atoms with Gasteiger partial charge in [-0.3, -0.25) is 0 Å². The van der Waals surface area contributed by atoms with Crippen molar-refractivity contribution in [3.63, 3.8) is 0 Å². The van der Waals surface area contributed by atoms with Gasteiger partial charge in [0, 0.05) is 6.04 Å². The SMILES string of the molecule is CCCC1CCCN(C2CCCCC2CN)CC1. The molecular weight excluding hydrogens is 220 g/mol. The van der Waals surface area contributed by atoms with E-state index in [9.17, 15) is 0 Å². The molecular formula is C16H32N2. The predicted molar refractivity (Wildman–Crippen MR) is 78.6 cm³/mol. The Kier molecular flexibility index (Phi) is 5.97. The maximum Gasteiger partial charge on any atom is 0.0135 e. The fraction of sp³-hybridized carbons (Fsp3) is 1.00. The molecule has 2 rings (SSSR count). The first kappa shape index (κ1) is 14.3. The van der Waals surface area contributed by atoms with Gasteiger partial charge in [0.1, 0.15) is 0 Å². The number of likely N-dealkylation sites (tertiary alicyclic amines) is 1. The van der Waals surface area contributed by atoms with Crippen LogP contribution in [0.15, 0.2) is 0 Å². The molecule has 18 heavy (non-hydrogen) atoms. The minimum absolute atomic E-state index is 0.779. The Balaban J connectivity index is 1.87. The van der Waals surface area contributed by atoms with E-state index in [1.807, 2.05) is 0 Å². The van der Waals surface area contributed by atoms with Crippen LogP contribution in [0.3, 0.4) is 0 Å². The van der Waals surface area contributed by atoms with Gasteiger partial charge in [-0.05, 0) is 63.6 Å². The molecule has 0 radical (unpaired) electrons. The lowest BCUT2D eigenvalue weighted by Gasteiger charge is -2.39. The summed E-state index contributed by atoms with van der Waals surface area (Å²) in [5.74, 6) is 1.78. The minimum Gasteiger partial charge on any atom is -0.330 e. The van der Waals surface area contributed by atoms with Crippen LogP contribution in [0.4, 0.5) is 0 Å². The average Bonchev–Trinajstić information content (AvgIpc) is 2.65. The normalized spacial score (nSPS) is 35.3. The third-order valence-electron chi connectivity index (χ3n) is 5.22. The lowest BCUT2D eigenvalue weighted by Crippen LogP contribution is -2.45. The molecule has 1 saturated carbocycles. The van der Waals surface area contributed by atoms with Gasteiger partial charge in [0.2, 0.25) is 0 Å². The Labute approximate surface area is 113 Å². The van der Waals surface area contributed by atoms with E-state index in [2.05, 4.69) is 11.8 Å². The second kappa shape index (κ2) is 7.49. The zero-order chi connectivity index (χ0) is 12.8. The van der Waals surface area contributed by atoms with Crippen LogP contribution in [0, 0.1) is 11.8 Å². The minimum atomic E-state index is 0.779. The molecule has 2 fully saturated rings.